The Morgan fingerprint density at radius 2 is 1.81 bits per heavy atom. The number of ether oxygens (including phenoxy) is 2. The third-order valence-electron chi connectivity index (χ3n) is 8.82. The lowest BCUT2D eigenvalue weighted by Gasteiger charge is -2.32. The minimum atomic E-state index is -2.78. The minimum absolute atomic E-state index is 0.0984. The zero-order chi connectivity index (χ0) is 29.8. The summed E-state index contributed by atoms with van der Waals surface area (Å²) in [7, 11) is -1.20. The van der Waals surface area contributed by atoms with E-state index in [1.165, 1.54) is 4.68 Å². The van der Waals surface area contributed by atoms with E-state index < -0.39 is 20.0 Å². The number of rotatable bonds is 7. The van der Waals surface area contributed by atoms with Gasteiger partial charge in [0.15, 0.2) is 13.9 Å². The number of hydrogen-bond donors (Lipinski definition) is 2. The first-order valence-electron chi connectivity index (χ1n) is 14.2. The van der Waals surface area contributed by atoms with Crippen LogP contribution in [-0.4, -0.2) is 53.7 Å². The number of carbonyl (C=O) groups is 1. The van der Waals surface area contributed by atoms with Gasteiger partial charge < -0.3 is 24.3 Å². The molecule has 0 radical (unpaired) electrons. The highest BCUT2D eigenvalue weighted by molar-refractivity contribution is 6.71. The number of nitrogens with zero attached hydrogens (tertiary/aromatic N) is 3. The van der Waals surface area contributed by atoms with Gasteiger partial charge in [0.2, 0.25) is 0 Å². The van der Waals surface area contributed by atoms with Crippen molar-refractivity contribution in [3.05, 3.63) is 94.4 Å². The molecule has 1 spiro atoms. The van der Waals surface area contributed by atoms with Crippen LogP contribution in [0.1, 0.15) is 24.5 Å². The second-order valence-electron chi connectivity index (χ2n) is 11.8. The maximum absolute atomic E-state index is 14.5. The normalized spacial score (nSPS) is 23.6. The Bertz CT molecular complexity index is 1720. The molecule has 6 rings (SSSR count). The van der Waals surface area contributed by atoms with Crippen molar-refractivity contribution in [1.82, 2.24) is 9.78 Å². The summed E-state index contributed by atoms with van der Waals surface area (Å²) in [5.74, 6) is 0.0923. The lowest BCUT2D eigenvalue weighted by atomic mass is 9.82. The fraction of sp³-hybridized carbons (Fsp3) is 0.344. The largest absolute Gasteiger partial charge is 0.497 e. The Labute approximate surface area is 245 Å². The van der Waals surface area contributed by atoms with E-state index in [-0.39, 0.29) is 36.1 Å². The summed E-state index contributed by atoms with van der Waals surface area (Å²) in [4.78, 5) is 40.5. The Morgan fingerprint density at radius 1 is 1.07 bits per heavy atom. The van der Waals surface area contributed by atoms with E-state index in [2.05, 4.69) is 5.10 Å². The lowest BCUT2D eigenvalue weighted by Crippen LogP contribution is -2.46. The van der Waals surface area contributed by atoms with Crippen LogP contribution in [0.5, 0.6) is 5.75 Å². The first-order chi connectivity index (χ1) is 20.1. The third-order valence-corrected chi connectivity index (χ3v) is 11.3. The molecule has 10 heteroatoms. The summed E-state index contributed by atoms with van der Waals surface area (Å²) < 4.78 is 13.6. The van der Waals surface area contributed by atoms with Gasteiger partial charge in [-0.05, 0) is 61.5 Å². The molecule has 0 unspecified atom stereocenters. The van der Waals surface area contributed by atoms with Crippen molar-refractivity contribution in [2.45, 2.75) is 50.2 Å². The van der Waals surface area contributed by atoms with Crippen LogP contribution in [0.15, 0.2) is 77.7 Å². The SMILES string of the molecule is COc1ccc2c(c1)[C@]1(O[C@@H](CCO)[C@H]([Si](C)(C)O)[C@H]1C)C(=O)N2Cc1ccc(-n2ncc3ccccc3c2=O)cc1. The van der Waals surface area contributed by atoms with E-state index in [1.54, 1.807) is 24.3 Å². The average molecular weight is 586 g/mol. The van der Waals surface area contributed by atoms with Crippen LogP contribution in [0.25, 0.3) is 16.5 Å². The minimum Gasteiger partial charge on any atom is -0.497 e. The molecule has 0 saturated carbocycles. The van der Waals surface area contributed by atoms with Crippen LogP contribution in [-0.2, 0) is 21.7 Å². The molecule has 1 saturated heterocycles. The van der Waals surface area contributed by atoms with Crippen molar-refractivity contribution in [2.24, 2.45) is 5.92 Å². The van der Waals surface area contributed by atoms with E-state index >= 15 is 0 Å². The highest BCUT2D eigenvalue weighted by Crippen LogP contribution is 2.60. The molecule has 2 N–H and O–H groups in total. The van der Waals surface area contributed by atoms with Gasteiger partial charge >= 0.3 is 0 Å². The van der Waals surface area contributed by atoms with Crippen molar-refractivity contribution < 1.29 is 24.2 Å². The highest BCUT2D eigenvalue weighted by atomic mass is 28.4. The summed E-state index contributed by atoms with van der Waals surface area (Å²) in [6.07, 6.45) is 1.56. The average Bonchev–Trinajstić information content (AvgIpc) is 3.40. The number of aliphatic hydroxyl groups excluding tert-OH is 1. The molecule has 42 heavy (non-hydrogen) atoms. The number of benzene rings is 3. The zero-order valence-electron chi connectivity index (χ0n) is 24.2. The van der Waals surface area contributed by atoms with Gasteiger partial charge in [-0.1, -0.05) is 37.3 Å². The molecular weight excluding hydrogens is 550 g/mol. The molecule has 1 amide bonds. The van der Waals surface area contributed by atoms with Crippen molar-refractivity contribution in [3.8, 4) is 11.4 Å². The summed E-state index contributed by atoms with van der Waals surface area (Å²) in [6, 6.07) is 20.3. The molecule has 1 aromatic heterocycles. The van der Waals surface area contributed by atoms with Crippen molar-refractivity contribution in [1.29, 1.82) is 0 Å². The summed E-state index contributed by atoms with van der Waals surface area (Å²) in [6.45, 7) is 5.88. The summed E-state index contributed by atoms with van der Waals surface area (Å²) in [5.41, 5.74) is 1.18. The van der Waals surface area contributed by atoms with Crippen LogP contribution in [0, 0.1) is 5.92 Å². The molecule has 2 aliphatic rings. The van der Waals surface area contributed by atoms with E-state index in [0.29, 0.717) is 28.8 Å². The number of amides is 1. The number of methoxy groups -OCH3 is 1. The van der Waals surface area contributed by atoms with Gasteiger partial charge in [0.05, 0.1) is 42.7 Å². The smallest absolute Gasteiger partial charge is 0.279 e. The monoisotopic (exact) mass is 585 g/mol. The summed E-state index contributed by atoms with van der Waals surface area (Å²) in [5, 5.41) is 15.5. The van der Waals surface area contributed by atoms with Gasteiger partial charge in [0.1, 0.15) is 5.75 Å². The second kappa shape index (κ2) is 10.5. The van der Waals surface area contributed by atoms with E-state index in [4.69, 9.17) is 9.47 Å². The molecule has 2 aliphatic heterocycles. The Morgan fingerprint density at radius 3 is 2.50 bits per heavy atom. The molecule has 3 aromatic carbocycles. The van der Waals surface area contributed by atoms with Gasteiger partial charge in [-0.2, -0.15) is 9.78 Å². The fourth-order valence-electron chi connectivity index (χ4n) is 6.94. The predicted molar refractivity (Wildman–Crippen MR) is 162 cm³/mol. The van der Waals surface area contributed by atoms with Crippen LogP contribution in [0.4, 0.5) is 5.69 Å². The Kier molecular flexibility index (Phi) is 7.05. The second-order valence-corrected chi connectivity index (χ2v) is 15.7. The molecule has 4 aromatic rings. The number of aliphatic hydroxyl groups is 1. The topological polar surface area (TPSA) is 114 Å². The quantitative estimate of drug-likeness (QED) is 0.314. The molecule has 9 nitrogen and oxygen atoms in total. The Hall–Kier alpha value is -3.83. The van der Waals surface area contributed by atoms with Gasteiger partial charge in [0.25, 0.3) is 11.5 Å². The number of carbonyl (C=O) groups excluding carboxylic acids is 1. The number of fused-ring (bicyclic) bond motifs is 3. The van der Waals surface area contributed by atoms with Crippen LogP contribution in [0.3, 0.4) is 0 Å². The predicted octanol–water partition coefficient (Wildman–Crippen LogP) is 4.12. The number of hydrogen-bond acceptors (Lipinski definition) is 7. The first kappa shape index (κ1) is 28.3. The fourth-order valence-corrected chi connectivity index (χ4v) is 9.54. The van der Waals surface area contributed by atoms with Gasteiger partial charge in [-0.15, -0.1) is 0 Å². The van der Waals surface area contributed by atoms with E-state index in [0.717, 1.165) is 16.6 Å². The molecule has 4 atom stereocenters. The Balaban J connectivity index is 1.36. The number of anilines is 1. The lowest BCUT2D eigenvalue weighted by molar-refractivity contribution is -0.146. The van der Waals surface area contributed by atoms with Crippen molar-refractivity contribution in [3.63, 3.8) is 0 Å². The highest BCUT2D eigenvalue weighted by Gasteiger charge is 2.66. The van der Waals surface area contributed by atoms with Gasteiger partial charge in [-0.3, -0.25) is 9.59 Å². The molecule has 3 heterocycles. The molecule has 218 valence electrons. The van der Waals surface area contributed by atoms with E-state index in [9.17, 15) is 19.5 Å². The molecule has 0 aliphatic carbocycles. The van der Waals surface area contributed by atoms with Gasteiger partial charge in [0, 0.05) is 29.0 Å². The molecule has 0 bridgehead atoms. The zero-order valence-corrected chi connectivity index (χ0v) is 25.2. The van der Waals surface area contributed by atoms with Crippen molar-refractivity contribution >= 4 is 30.7 Å². The van der Waals surface area contributed by atoms with Gasteiger partial charge in [-0.25, -0.2) is 0 Å². The molecular formula is C32H35N3O6Si. The van der Waals surface area contributed by atoms with Crippen LogP contribution in [0.2, 0.25) is 18.6 Å². The third kappa shape index (κ3) is 4.37. The maximum atomic E-state index is 14.5. The first-order valence-corrected chi connectivity index (χ1v) is 17.2. The van der Waals surface area contributed by atoms with E-state index in [1.807, 2.05) is 80.7 Å². The molecule has 1 fully saturated rings. The van der Waals surface area contributed by atoms with Crippen molar-refractivity contribution in [2.75, 3.05) is 18.6 Å². The van der Waals surface area contributed by atoms with Crippen LogP contribution >= 0.6 is 0 Å². The standard InChI is InChI=1S/C32H35N3O6Si/c1-20-29(42(3,4)39)28(15-16-36)41-32(20)26-17-24(40-2)13-14-27(26)34(31(32)38)19-21-9-11-23(12-10-21)35-30(37)25-8-6-5-7-22(25)18-33-35/h5-14,17-18,20,28-29,36,39H,15-16,19H2,1-4H3/t20-,28+,29-,32+/m1/s1. The number of aromatic nitrogens is 2. The van der Waals surface area contributed by atoms with Crippen LogP contribution < -0.4 is 15.2 Å². The maximum Gasteiger partial charge on any atom is 0.279 e. The summed E-state index contributed by atoms with van der Waals surface area (Å²) >= 11 is 0.